The number of benzene rings is 2. The molecule has 0 fully saturated rings. The van der Waals surface area contributed by atoms with Gasteiger partial charge in [-0.3, -0.25) is 0 Å². The summed E-state index contributed by atoms with van der Waals surface area (Å²) in [5.74, 6) is 0.282. The molecule has 0 heterocycles. The minimum absolute atomic E-state index is 0. The zero-order valence-electron chi connectivity index (χ0n) is 17.7. The Balaban J connectivity index is 0.00000364. The Morgan fingerprint density at radius 1 is 0.679 bits per heavy atom. The third-order valence-electron chi connectivity index (χ3n) is 4.74. The average molecular weight is 421 g/mol. The Bertz CT molecular complexity index is 715. The molecule has 28 heavy (non-hydrogen) atoms. The minimum atomic E-state index is 0. The SMILES string of the molecule is Cc1cc(C)c([O-])c(CN(C)CCN(C)Cc2cc(C)cc(C)c2[O-])c1.[O-2].[V+4]. The molecule has 0 aliphatic carbocycles. The maximum Gasteiger partial charge on any atom is 4.00 e. The molecule has 0 atom stereocenters. The van der Waals surface area contributed by atoms with Gasteiger partial charge in [0.1, 0.15) is 0 Å². The number of likely N-dealkylation sites (N-methyl/N-ethyl adjacent to an activating group) is 2. The van der Waals surface area contributed by atoms with Gasteiger partial charge in [-0.05, 0) is 52.9 Å². The fraction of sp³-hybridized carbons (Fsp3) is 0.455. The predicted molar refractivity (Wildman–Crippen MR) is 104 cm³/mol. The van der Waals surface area contributed by atoms with Gasteiger partial charge in [0.25, 0.3) is 0 Å². The van der Waals surface area contributed by atoms with Crippen molar-refractivity contribution >= 4 is 0 Å². The van der Waals surface area contributed by atoms with E-state index in [1.165, 1.54) is 0 Å². The molecule has 0 bridgehead atoms. The maximum atomic E-state index is 12.3. The van der Waals surface area contributed by atoms with E-state index in [1.54, 1.807) is 0 Å². The van der Waals surface area contributed by atoms with Gasteiger partial charge in [-0.2, -0.15) is 0 Å². The fourth-order valence-corrected chi connectivity index (χ4v) is 3.40. The minimum Gasteiger partial charge on any atom is -2.00 e. The molecule has 0 unspecified atom stereocenters. The molecule has 0 aromatic heterocycles. The first kappa shape index (κ1) is 26.5. The van der Waals surface area contributed by atoms with E-state index in [9.17, 15) is 10.2 Å². The molecule has 2 aromatic rings. The summed E-state index contributed by atoms with van der Waals surface area (Å²) in [4.78, 5) is 4.32. The van der Waals surface area contributed by atoms with Gasteiger partial charge in [0.2, 0.25) is 0 Å². The van der Waals surface area contributed by atoms with Crippen molar-refractivity contribution < 1.29 is 34.2 Å². The summed E-state index contributed by atoms with van der Waals surface area (Å²) >= 11 is 0. The normalized spacial score (nSPS) is 10.7. The van der Waals surface area contributed by atoms with Crippen LogP contribution in [0.25, 0.3) is 0 Å². The molecular weight excluding hydrogens is 391 g/mol. The molecule has 2 aromatic carbocycles. The van der Waals surface area contributed by atoms with E-state index in [4.69, 9.17) is 0 Å². The Kier molecular flexibility index (Phi) is 10.9. The molecule has 0 saturated carbocycles. The zero-order chi connectivity index (χ0) is 19.4. The fourth-order valence-electron chi connectivity index (χ4n) is 3.40. The topological polar surface area (TPSA) is 81.1 Å². The smallest absolute Gasteiger partial charge is 2.00 e. The van der Waals surface area contributed by atoms with E-state index in [0.29, 0.717) is 13.1 Å². The molecule has 5 nitrogen and oxygen atoms in total. The monoisotopic (exact) mass is 421 g/mol. The molecule has 0 aliphatic heterocycles. The quantitative estimate of drug-likeness (QED) is 0.688. The largest absolute Gasteiger partial charge is 4.00 e. The first-order valence-electron chi connectivity index (χ1n) is 9.08. The van der Waals surface area contributed by atoms with Crippen LogP contribution in [0.4, 0.5) is 0 Å². The number of aryl methyl sites for hydroxylation is 4. The molecule has 0 N–H and O–H groups in total. The summed E-state index contributed by atoms with van der Waals surface area (Å²) in [7, 11) is 4.06. The van der Waals surface area contributed by atoms with Crippen molar-refractivity contribution in [1.82, 2.24) is 9.80 Å². The van der Waals surface area contributed by atoms with Gasteiger partial charge in [-0.15, -0.1) is 11.5 Å². The standard InChI is InChI=1S/C22H32N2O2.O.V/c1-15-9-17(3)21(25)19(11-15)13-23(5)7-8-24(6)14-20-12-16(2)10-18(4)22(20)26;;/h9-12,25-26H,7-8,13-14H2,1-6H3;;/q;-2;+4/p-2. The molecule has 6 heteroatoms. The van der Waals surface area contributed by atoms with E-state index >= 15 is 0 Å². The second-order valence-electron chi connectivity index (χ2n) is 7.62. The van der Waals surface area contributed by atoms with E-state index in [0.717, 1.165) is 46.5 Å². The summed E-state index contributed by atoms with van der Waals surface area (Å²) < 4.78 is 0. The molecule has 0 spiro atoms. The number of hydrogen-bond acceptors (Lipinski definition) is 4. The van der Waals surface area contributed by atoms with E-state index < -0.39 is 0 Å². The Morgan fingerprint density at radius 3 is 1.32 bits per heavy atom. The Morgan fingerprint density at radius 2 is 1.00 bits per heavy atom. The number of rotatable bonds is 7. The molecule has 0 aliphatic rings. The second-order valence-corrected chi connectivity index (χ2v) is 7.62. The van der Waals surface area contributed by atoms with Gasteiger partial charge in [0.05, 0.1) is 0 Å². The van der Waals surface area contributed by atoms with Crippen molar-refractivity contribution in [3.8, 4) is 11.5 Å². The van der Waals surface area contributed by atoms with Gasteiger partial charge in [-0.25, -0.2) is 0 Å². The summed E-state index contributed by atoms with van der Waals surface area (Å²) in [6.45, 7) is 10.7. The molecule has 151 valence electrons. The Hall–Kier alpha value is -1.50. The van der Waals surface area contributed by atoms with Gasteiger partial charge in [0.15, 0.2) is 0 Å². The summed E-state index contributed by atoms with van der Waals surface area (Å²) in [6.07, 6.45) is 0. The first-order valence-corrected chi connectivity index (χ1v) is 9.08. The molecule has 0 amide bonds. The zero-order valence-corrected chi connectivity index (χ0v) is 19.1. The third-order valence-corrected chi connectivity index (χ3v) is 4.74. The number of hydrogen-bond donors (Lipinski definition) is 0. The van der Waals surface area contributed by atoms with Crippen LogP contribution in [0.1, 0.15) is 33.4 Å². The molecule has 2 rings (SSSR count). The van der Waals surface area contributed by atoms with Crippen LogP contribution in [0.5, 0.6) is 11.5 Å². The van der Waals surface area contributed by atoms with Gasteiger partial charge < -0.3 is 25.5 Å². The van der Waals surface area contributed by atoms with Crippen molar-refractivity contribution in [2.24, 2.45) is 0 Å². The van der Waals surface area contributed by atoms with E-state index in [2.05, 4.69) is 9.80 Å². The molecule has 1 radical (unpaired) electrons. The van der Waals surface area contributed by atoms with Crippen LogP contribution >= 0.6 is 0 Å². The molecule has 0 saturated heterocycles. The van der Waals surface area contributed by atoms with Crippen LogP contribution in [0.2, 0.25) is 0 Å². The van der Waals surface area contributed by atoms with Gasteiger partial charge >= 0.3 is 18.6 Å². The third kappa shape index (κ3) is 7.15. The summed E-state index contributed by atoms with van der Waals surface area (Å²) in [5.41, 5.74) is 5.57. The molecular formula is C22H30N2O3V. The predicted octanol–water partition coefficient (Wildman–Crippen LogP) is 2.51. The van der Waals surface area contributed by atoms with Crippen molar-refractivity contribution in [2.75, 3.05) is 27.2 Å². The van der Waals surface area contributed by atoms with E-state index in [-0.39, 0.29) is 35.5 Å². The van der Waals surface area contributed by atoms with Crippen molar-refractivity contribution in [2.45, 2.75) is 40.8 Å². The summed E-state index contributed by atoms with van der Waals surface area (Å²) in [5, 5.41) is 24.5. The number of nitrogens with zero attached hydrogens (tertiary/aromatic N) is 2. The van der Waals surface area contributed by atoms with Crippen LogP contribution < -0.4 is 10.2 Å². The van der Waals surface area contributed by atoms with Crippen molar-refractivity contribution in [1.29, 1.82) is 0 Å². The van der Waals surface area contributed by atoms with Gasteiger partial charge in [0, 0.05) is 26.2 Å². The van der Waals surface area contributed by atoms with E-state index in [1.807, 2.05) is 66.1 Å². The average Bonchev–Trinajstić information content (AvgIpc) is 2.55. The van der Waals surface area contributed by atoms with Crippen molar-refractivity contribution in [3.05, 3.63) is 57.6 Å². The Labute approximate surface area is 181 Å². The second kappa shape index (κ2) is 11.5. The van der Waals surface area contributed by atoms with Crippen LogP contribution in [-0.2, 0) is 37.1 Å². The van der Waals surface area contributed by atoms with Crippen LogP contribution in [0, 0.1) is 27.7 Å². The van der Waals surface area contributed by atoms with Crippen LogP contribution in [0.15, 0.2) is 24.3 Å². The maximum absolute atomic E-state index is 12.3. The van der Waals surface area contributed by atoms with Crippen LogP contribution in [0.3, 0.4) is 0 Å². The van der Waals surface area contributed by atoms with Gasteiger partial charge in [-0.1, -0.05) is 46.5 Å². The first-order chi connectivity index (χ1) is 12.2. The van der Waals surface area contributed by atoms with Crippen LogP contribution in [-0.4, -0.2) is 37.0 Å². The summed E-state index contributed by atoms with van der Waals surface area (Å²) in [6, 6.07) is 7.83. The van der Waals surface area contributed by atoms with Crippen molar-refractivity contribution in [3.63, 3.8) is 0 Å².